The van der Waals surface area contributed by atoms with Crippen LogP contribution >= 0.6 is 11.6 Å². The lowest BCUT2D eigenvalue weighted by Gasteiger charge is -2.25. The van der Waals surface area contributed by atoms with Crippen molar-refractivity contribution in [3.05, 3.63) is 28.8 Å². The molecule has 1 aromatic rings. The smallest absolute Gasteiger partial charge is 0.253 e. The standard InChI is InChI=1S/C15H19ClN2O2/c16-13-9-11(4-5-14(13)19)15(20)18-8-2-7-17-6-1-3-12(17)10-18/h4-5,9,12,19H,1-3,6-8,10H2. The number of hydrogen-bond donors (Lipinski definition) is 1. The second-order valence-electron chi connectivity index (χ2n) is 5.60. The van der Waals surface area contributed by atoms with Gasteiger partial charge < -0.3 is 10.0 Å². The van der Waals surface area contributed by atoms with E-state index in [4.69, 9.17) is 11.6 Å². The van der Waals surface area contributed by atoms with Crippen LogP contribution in [0.5, 0.6) is 5.75 Å². The van der Waals surface area contributed by atoms with Crippen LogP contribution in [0.15, 0.2) is 18.2 Å². The molecule has 1 unspecified atom stereocenters. The Morgan fingerprint density at radius 1 is 1.25 bits per heavy atom. The second-order valence-corrected chi connectivity index (χ2v) is 6.01. The number of fused-ring (bicyclic) bond motifs is 1. The number of rotatable bonds is 1. The lowest BCUT2D eigenvalue weighted by atomic mass is 10.1. The zero-order valence-electron chi connectivity index (χ0n) is 11.4. The third kappa shape index (κ3) is 2.63. The van der Waals surface area contributed by atoms with E-state index in [9.17, 15) is 9.90 Å². The Morgan fingerprint density at radius 3 is 2.85 bits per heavy atom. The van der Waals surface area contributed by atoms with Crippen LogP contribution in [0, 0.1) is 0 Å². The summed E-state index contributed by atoms with van der Waals surface area (Å²) in [6.45, 7) is 3.85. The van der Waals surface area contributed by atoms with Crippen molar-refractivity contribution < 1.29 is 9.90 Å². The van der Waals surface area contributed by atoms with E-state index in [1.54, 1.807) is 12.1 Å². The second kappa shape index (κ2) is 5.62. The summed E-state index contributed by atoms with van der Waals surface area (Å²) < 4.78 is 0. The highest BCUT2D eigenvalue weighted by Gasteiger charge is 2.30. The minimum absolute atomic E-state index is 0.0145. The molecule has 1 aromatic carbocycles. The number of amides is 1. The van der Waals surface area contributed by atoms with Crippen LogP contribution in [0.25, 0.3) is 0 Å². The van der Waals surface area contributed by atoms with Crippen molar-refractivity contribution >= 4 is 17.5 Å². The normalized spacial score (nSPS) is 23.4. The molecule has 1 N–H and O–H groups in total. The van der Waals surface area contributed by atoms with E-state index in [0.717, 1.165) is 32.6 Å². The maximum absolute atomic E-state index is 12.6. The van der Waals surface area contributed by atoms with Gasteiger partial charge in [-0.3, -0.25) is 9.69 Å². The van der Waals surface area contributed by atoms with Gasteiger partial charge in [0.15, 0.2) is 0 Å². The number of hydrogen-bond acceptors (Lipinski definition) is 3. The molecule has 0 aromatic heterocycles. The van der Waals surface area contributed by atoms with Gasteiger partial charge in [-0.1, -0.05) is 11.6 Å². The number of halogens is 1. The minimum Gasteiger partial charge on any atom is -0.506 e. The summed E-state index contributed by atoms with van der Waals surface area (Å²) in [4.78, 5) is 17.0. The SMILES string of the molecule is O=C(c1ccc(O)c(Cl)c1)N1CCCN2CCCC2C1. The van der Waals surface area contributed by atoms with E-state index in [1.165, 1.54) is 18.9 Å². The predicted molar refractivity (Wildman–Crippen MR) is 78.2 cm³/mol. The lowest BCUT2D eigenvalue weighted by molar-refractivity contribution is 0.0743. The van der Waals surface area contributed by atoms with Gasteiger partial charge in [0, 0.05) is 31.2 Å². The van der Waals surface area contributed by atoms with Crippen LogP contribution in [0.1, 0.15) is 29.6 Å². The molecular formula is C15H19ClN2O2. The van der Waals surface area contributed by atoms with Crippen LogP contribution in [0.3, 0.4) is 0 Å². The van der Waals surface area contributed by atoms with Crippen molar-refractivity contribution in [2.45, 2.75) is 25.3 Å². The Bertz CT molecular complexity index is 521. The average Bonchev–Trinajstić information content (AvgIpc) is 2.78. The maximum Gasteiger partial charge on any atom is 0.253 e. The zero-order chi connectivity index (χ0) is 14.1. The molecule has 2 aliphatic rings. The van der Waals surface area contributed by atoms with Crippen LogP contribution in [0.2, 0.25) is 5.02 Å². The molecule has 0 spiro atoms. The van der Waals surface area contributed by atoms with Crippen molar-refractivity contribution in [2.24, 2.45) is 0 Å². The minimum atomic E-state index is 0.0145. The third-order valence-electron chi connectivity index (χ3n) is 4.29. The number of nitrogens with zero attached hydrogens (tertiary/aromatic N) is 2. The Hall–Kier alpha value is -1.26. The first-order valence-electron chi connectivity index (χ1n) is 7.17. The number of aromatic hydroxyl groups is 1. The van der Waals surface area contributed by atoms with Crippen LogP contribution < -0.4 is 0 Å². The van der Waals surface area contributed by atoms with E-state index < -0.39 is 0 Å². The fourth-order valence-electron chi connectivity index (χ4n) is 3.21. The summed E-state index contributed by atoms with van der Waals surface area (Å²) in [6.07, 6.45) is 3.44. The molecule has 108 valence electrons. The molecule has 2 heterocycles. The maximum atomic E-state index is 12.6. The molecule has 4 nitrogen and oxygen atoms in total. The molecule has 2 fully saturated rings. The number of benzene rings is 1. The first-order valence-corrected chi connectivity index (χ1v) is 7.55. The van der Waals surface area contributed by atoms with E-state index in [0.29, 0.717) is 11.6 Å². The molecular weight excluding hydrogens is 276 g/mol. The van der Waals surface area contributed by atoms with Gasteiger partial charge >= 0.3 is 0 Å². The number of phenolic OH excluding ortho intramolecular Hbond substituents is 1. The summed E-state index contributed by atoms with van der Waals surface area (Å²) in [5.41, 5.74) is 0.555. The summed E-state index contributed by atoms with van der Waals surface area (Å²) in [5.74, 6) is 0.0294. The highest BCUT2D eigenvalue weighted by atomic mass is 35.5. The number of phenols is 1. The Balaban J connectivity index is 1.77. The first-order chi connectivity index (χ1) is 9.65. The van der Waals surface area contributed by atoms with Crippen LogP contribution in [0.4, 0.5) is 0 Å². The van der Waals surface area contributed by atoms with Crippen LogP contribution in [-0.2, 0) is 0 Å². The fraction of sp³-hybridized carbons (Fsp3) is 0.533. The molecule has 0 saturated carbocycles. The molecule has 1 amide bonds. The predicted octanol–water partition coefficient (Wildman–Crippen LogP) is 2.36. The van der Waals surface area contributed by atoms with E-state index in [2.05, 4.69) is 4.90 Å². The highest BCUT2D eigenvalue weighted by Crippen LogP contribution is 2.26. The summed E-state index contributed by atoms with van der Waals surface area (Å²) >= 11 is 5.89. The number of carbonyl (C=O) groups excluding carboxylic acids is 1. The zero-order valence-corrected chi connectivity index (χ0v) is 12.1. The van der Waals surface area contributed by atoms with E-state index >= 15 is 0 Å². The Labute approximate surface area is 123 Å². The topological polar surface area (TPSA) is 43.8 Å². The first kappa shape index (κ1) is 13.7. The quantitative estimate of drug-likeness (QED) is 0.865. The summed E-state index contributed by atoms with van der Waals surface area (Å²) in [5, 5.41) is 9.67. The van der Waals surface area contributed by atoms with Gasteiger partial charge in [0.25, 0.3) is 5.91 Å². The molecule has 2 aliphatic heterocycles. The lowest BCUT2D eigenvalue weighted by Crippen LogP contribution is -2.39. The Kier molecular flexibility index (Phi) is 3.85. The molecule has 3 rings (SSSR count). The monoisotopic (exact) mass is 294 g/mol. The Morgan fingerprint density at radius 2 is 2.05 bits per heavy atom. The summed E-state index contributed by atoms with van der Waals surface area (Å²) in [6, 6.07) is 5.18. The van der Waals surface area contributed by atoms with Gasteiger partial charge in [-0.15, -0.1) is 0 Å². The third-order valence-corrected chi connectivity index (χ3v) is 4.59. The van der Waals surface area contributed by atoms with Crippen molar-refractivity contribution in [1.82, 2.24) is 9.80 Å². The van der Waals surface area contributed by atoms with Crippen molar-refractivity contribution in [3.63, 3.8) is 0 Å². The summed E-state index contributed by atoms with van der Waals surface area (Å²) in [7, 11) is 0. The average molecular weight is 295 g/mol. The molecule has 5 heteroatoms. The van der Waals surface area contributed by atoms with Gasteiger partial charge in [-0.05, 0) is 44.0 Å². The molecule has 0 bridgehead atoms. The molecule has 2 saturated heterocycles. The van der Waals surface area contributed by atoms with E-state index in [1.807, 2.05) is 4.90 Å². The largest absolute Gasteiger partial charge is 0.506 e. The van der Waals surface area contributed by atoms with E-state index in [-0.39, 0.29) is 16.7 Å². The van der Waals surface area contributed by atoms with Gasteiger partial charge in [-0.25, -0.2) is 0 Å². The molecule has 20 heavy (non-hydrogen) atoms. The van der Waals surface area contributed by atoms with Gasteiger partial charge in [0.05, 0.1) is 5.02 Å². The van der Waals surface area contributed by atoms with Gasteiger partial charge in [-0.2, -0.15) is 0 Å². The fourth-order valence-corrected chi connectivity index (χ4v) is 3.39. The number of carbonyl (C=O) groups is 1. The highest BCUT2D eigenvalue weighted by molar-refractivity contribution is 6.32. The van der Waals surface area contributed by atoms with Crippen LogP contribution in [-0.4, -0.2) is 53.0 Å². The van der Waals surface area contributed by atoms with Crippen molar-refractivity contribution in [2.75, 3.05) is 26.2 Å². The van der Waals surface area contributed by atoms with Crippen molar-refractivity contribution in [1.29, 1.82) is 0 Å². The molecule has 1 atom stereocenters. The molecule has 0 radical (unpaired) electrons. The van der Waals surface area contributed by atoms with Crippen molar-refractivity contribution in [3.8, 4) is 5.75 Å². The van der Waals surface area contributed by atoms with Gasteiger partial charge in [0.1, 0.15) is 5.75 Å². The molecule has 0 aliphatic carbocycles. The van der Waals surface area contributed by atoms with Gasteiger partial charge in [0.2, 0.25) is 0 Å².